The summed E-state index contributed by atoms with van der Waals surface area (Å²) in [5.74, 6) is -14.9. The first-order valence-corrected chi connectivity index (χ1v) is 13.0. The van der Waals surface area contributed by atoms with Crippen LogP contribution in [0.15, 0.2) is 18.2 Å². The molecule has 2 aromatic rings. The number of aromatic hydroxyl groups is 2. The Morgan fingerprint density at radius 3 is 2.48 bits per heavy atom. The Bertz CT molecular complexity index is 1550. The number of nitrogens with two attached hydrogens (primary N) is 1. The lowest BCUT2D eigenvalue weighted by atomic mass is 9.72. The van der Waals surface area contributed by atoms with E-state index in [-0.39, 0.29) is 44.2 Å². The van der Waals surface area contributed by atoms with Gasteiger partial charge in [-0.2, -0.15) is 0 Å². The van der Waals surface area contributed by atoms with E-state index in [1.165, 1.54) is 0 Å². The predicted octanol–water partition coefficient (Wildman–Crippen LogP) is -0.877. The zero-order valence-electron chi connectivity index (χ0n) is 22.6. The number of benzene rings is 2. The number of phenolic OH excluding ortho intramolecular Hbond substituents is 2. The van der Waals surface area contributed by atoms with E-state index in [1.54, 1.807) is 0 Å². The number of halogens is 3. The highest BCUT2D eigenvalue weighted by molar-refractivity contribution is 6.47. The van der Waals surface area contributed by atoms with E-state index >= 15 is 4.39 Å². The van der Waals surface area contributed by atoms with Gasteiger partial charge in [-0.15, -0.1) is 0 Å². The lowest BCUT2D eigenvalue weighted by Gasteiger charge is -2.34. The van der Waals surface area contributed by atoms with Gasteiger partial charge in [-0.25, -0.2) is 22.8 Å². The minimum Gasteiger partial charge on any atom is -0.534 e. The van der Waals surface area contributed by atoms with Crippen molar-refractivity contribution in [3.05, 3.63) is 52.3 Å². The fourth-order valence-electron chi connectivity index (χ4n) is 4.74. The quantitative estimate of drug-likeness (QED) is 0.108. The molecule has 0 radical (unpaired) electrons. The van der Waals surface area contributed by atoms with Gasteiger partial charge in [0.2, 0.25) is 5.91 Å². The normalized spacial score (nSPS) is 17.1. The summed E-state index contributed by atoms with van der Waals surface area (Å²) in [7, 11) is -2.02. The molecule has 2 heterocycles. The number of nitrogens with one attached hydrogen (secondary N) is 2. The molecule has 0 aliphatic carbocycles. The highest BCUT2D eigenvalue weighted by Gasteiger charge is 2.43. The fraction of sp³-hybridized carbons (Fsp3) is 0.320. The Balaban J connectivity index is 1.63. The van der Waals surface area contributed by atoms with Crippen LogP contribution in [0.3, 0.4) is 0 Å². The maximum Gasteiger partial charge on any atom is 0.547 e. The van der Waals surface area contributed by atoms with Gasteiger partial charge < -0.3 is 46.3 Å². The van der Waals surface area contributed by atoms with Gasteiger partial charge in [-0.1, -0.05) is 6.07 Å². The first kappa shape index (κ1) is 31.9. The monoisotopic (exact) mass is 623 g/mol. The second-order valence-electron chi connectivity index (χ2n) is 9.77. The largest absolute Gasteiger partial charge is 0.547 e. The smallest absolute Gasteiger partial charge is 0.534 e. The molecule has 2 aromatic carbocycles. The van der Waals surface area contributed by atoms with Gasteiger partial charge in [0, 0.05) is 25.7 Å². The Labute approximate surface area is 246 Å². The predicted molar refractivity (Wildman–Crippen MR) is 141 cm³/mol. The molecule has 0 aromatic heterocycles. The van der Waals surface area contributed by atoms with Crippen molar-refractivity contribution in [1.82, 2.24) is 20.4 Å². The second-order valence-corrected chi connectivity index (χ2v) is 9.77. The van der Waals surface area contributed by atoms with Crippen molar-refractivity contribution in [2.45, 2.75) is 24.8 Å². The number of hydrogen-bond donors (Lipinski definition) is 7. The number of fused-ring (bicyclic) bond motifs is 1. The van der Waals surface area contributed by atoms with Gasteiger partial charge in [-0.05, 0) is 31.0 Å². The molecule has 15 nitrogen and oxygen atoms in total. The summed E-state index contributed by atoms with van der Waals surface area (Å²) in [6.45, 7) is -0.128. The van der Waals surface area contributed by atoms with Crippen LogP contribution in [0.25, 0.3) is 0 Å². The standard InChI is InChI=1S/C25H25BF3N5O10/c27-11-3-2-10-8-14(26(43)44-20(10)16(11)24(40)41)31-21(37)18(15-12(28)9-13(35)19(36)17(15)29)32-25(42)34-7-6-33(5-1-4-30)22(38)23(34)39/h2-3,9,14,18,35-36,43H,1,4-8,30H2,(H,31,37)(H,32,42)(H,40,41)/t14-,18+/m0/s1. The van der Waals surface area contributed by atoms with Crippen molar-refractivity contribution in [3.8, 4) is 17.2 Å². The molecule has 0 unspecified atom stereocenters. The van der Waals surface area contributed by atoms with Crippen molar-refractivity contribution in [1.29, 1.82) is 0 Å². The number of carbonyl (C=O) groups is 5. The van der Waals surface area contributed by atoms with Crippen LogP contribution >= 0.6 is 0 Å². The van der Waals surface area contributed by atoms with Gasteiger partial charge in [0.1, 0.15) is 29.0 Å². The Kier molecular flexibility index (Phi) is 9.19. The van der Waals surface area contributed by atoms with Crippen LogP contribution in [0, 0.1) is 17.5 Å². The third-order valence-electron chi connectivity index (χ3n) is 6.97. The molecule has 2 aliphatic rings. The van der Waals surface area contributed by atoms with Crippen molar-refractivity contribution >= 4 is 36.8 Å². The molecule has 0 spiro atoms. The zero-order valence-corrected chi connectivity index (χ0v) is 22.6. The SMILES string of the molecule is NCCCN1CCN(C(=O)N[C@@H](C(=O)N[C@H]2Cc3ccc(F)c(C(=O)O)c3OB2O)c2c(F)cc(O)c(O)c2F)C(=O)C1=O. The number of amides is 5. The third-order valence-corrected chi connectivity index (χ3v) is 6.97. The molecule has 4 rings (SSSR count). The van der Waals surface area contributed by atoms with Gasteiger partial charge >= 0.3 is 30.9 Å². The molecular weight excluding hydrogens is 598 g/mol. The van der Waals surface area contributed by atoms with E-state index in [1.807, 2.05) is 5.32 Å². The van der Waals surface area contributed by atoms with Crippen molar-refractivity contribution in [2.75, 3.05) is 26.2 Å². The molecule has 1 saturated heterocycles. The summed E-state index contributed by atoms with van der Waals surface area (Å²) >= 11 is 0. The minimum absolute atomic E-state index is 0.0243. The second kappa shape index (κ2) is 12.7. The summed E-state index contributed by atoms with van der Waals surface area (Å²) in [6, 6.07) is -1.64. The molecule has 234 valence electrons. The molecule has 0 saturated carbocycles. The van der Waals surface area contributed by atoms with E-state index in [4.69, 9.17) is 10.4 Å². The van der Waals surface area contributed by atoms with Crippen LogP contribution in [-0.2, 0) is 20.8 Å². The topological polar surface area (TPSA) is 232 Å². The van der Waals surface area contributed by atoms with Crippen LogP contribution < -0.4 is 21.0 Å². The number of carboxylic acid groups (broad SMARTS) is 1. The number of phenols is 2. The van der Waals surface area contributed by atoms with Crippen LogP contribution in [0.1, 0.15) is 33.9 Å². The number of nitrogens with zero attached hydrogens (tertiary/aromatic N) is 2. The molecule has 2 atom stereocenters. The number of imide groups is 1. The molecule has 1 fully saturated rings. The number of aromatic carboxylic acids is 1. The average molecular weight is 623 g/mol. The van der Waals surface area contributed by atoms with Crippen molar-refractivity contribution in [2.24, 2.45) is 5.73 Å². The molecule has 5 amide bonds. The zero-order chi connectivity index (χ0) is 32.5. The highest BCUT2D eigenvalue weighted by atomic mass is 19.1. The summed E-state index contributed by atoms with van der Waals surface area (Å²) in [4.78, 5) is 64.6. The van der Waals surface area contributed by atoms with Crippen molar-refractivity contribution in [3.63, 3.8) is 0 Å². The van der Waals surface area contributed by atoms with Gasteiger partial charge in [-0.3, -0.25) is 19.3 Å². The highest BCUT2D eigenvalue weighted by Crippen LogP contribution is 2.36. The number of carbonyl (C=O) groups excluding carboxylic acids is 4. The van der Waals surface area contributed by atoms with E-state index in [9.17, 15) is 53.1 Å². The molecule has 8 N–H and O–H groups in total. The lowest BCUT2D eigenvalue weighted by Crippen LogP contribution is -2.60. The van der Waals surface area contributed by atoms with E-state index in [0.29, 0.717) is 11.3 Å². The lowest BCUT2D eigenvalue weighted by molar-refractivity contribution is -0.153. The number of piperazine rings is 1. The first-order valence-electron chi connectivity index (χ1n) is 13.0. The molecule has 19 heteroatoms. The summed E-state index contributed by atoms with van der Waals surface area (Å²) < 4.78 is 49.2. The van der Waals surface area contributed by atoms with Crippen molar-refractivity contribution < 1.29 is 62.1 Å². The van der Waals surface area contributed by atoms with Crippen LogP contribution in [0.5, 0.6) is 17.2 Å². The summed E-state index contributed by atoms with van der Waals surface area (Å²) in [5, 5.41) is 43.4. The Morgan fingerprint density at radius 2 is 1.82 bits per heavy atom. The van der Waals surface area contributed by atoms with Gasteiger partial charge in [0.15, 0.2) is 17.3 Å². The fourth-order valence-corrected chi connectivity index (χ4v) is 4.74. The Morgan fingerprint density at radius 1 is 1.11 bits per heavy atom. The number of hydrogen-bond acceptors (Lipinski definition) is 10. The van der Waals surface area contributed by atoms with Crippen LogP contribution in [-0.4, -0.2) is 99.1 Å². The molecule has 44 heavy (non-hydrogen) atoms. The molecule has 2 aliphatic heterocycles. The van der Waals surface area contributed by atoms with E-state index < -0.39 is 94.7 Å². The summed E-state index contributed by atoms with van der Waals surface area (Å²) in [6.07, 6.45) is -0.0167. The molecule has 0 bridgehead atoms. The van der Waals surface area contributed by atoms with Crippen LogP contribution in [0.2, 0.25) is 0 Å². The first-order chi connectivity index (χ1) is 20.8. The minimum atomic E-state index is -2.39. The Hall–Kier alpha value is -5.04. The number of rotatable bonds is 8. The van der Waals surface area contributed by atoms with Gasteiger partial charge in [0.05, 0.1) is 11.5 Å². The van der Waals surface area contributed by atoms with E-state index in [0.717, 1.165) is 17.0 Å². The maximum atomic E-state index is 15.0. The van der Waals surface area contributed by atoms with E-state index in [2.05, 4.69) is 5.32 Å². The average Bonchev–Trinajstić information content (AvgIpc) is 2.96. The van der Waals surface area contributed by atoms with Crippen LogP contribution in [0.4, 0.5) is 18.0 Å². The number of urea groups is 1. The number of carboxylic acids is 1. The molecular formula is C25H25BF3N5O10. The third kappa shape index (κ3) is 6.04. The maximum absolute atomic E-state index is 15.0. The van der Waals surface area contributed by atoms with Gasteiger partial charge in [0.25, 0.3) is 0 Å². The summed E-state index contributed by atoms with van der Waals surface area (Å²) in [5.41, 5.74) is 3.27.